The molecule has 1 aliphatic heterocycles. The van der Waals surface area contributed by atoms with Crippen LogP contribution in [-0.4, -0.2) is 36.5 Å². The average Bonchev–Trinajstić information content (AvgIpc) is 2.92. The first-order valence-corrected chi connectivity index (χ1v) is 8.83. The van der Waals surface area contributed by atoms with Crippen LogP contribution in [0.1, 0.15) is 37.4 Å². The first kappa shape index (κ1) is 18.7. The zero-order valence-electron chi connectivity index (χ0n) is 13.1. The maximum absolute atomic E-state index is 12.5. The van der Waals surface area contributed by atoms with Gasteiger partial charge in [0.25, 0.3) is 0 Å². The summed E-state index contributed by atoms with van der Waals surface area (Å²) in [6.45, 7) is 1.92. The molecule has 0 bridgehead atoms. The summed E-state index contributed by atoms with van der Waals surface area (Å²) in [6.07, 6.45) is 3.86. The average molecular weight is 404 g/mol. The van der Waals surface area contributed by atoms with Gasteiger partial charge in [0.05, 0.1) is 13.2 Å². The topological polar surface area (TPSA) is 55.6 Å². The number of hydrogen-bond donors (Lipinski definition) is 1. The van der Waals surface area contributed by atoms with E-state index >= 15 is 0 Å². The van der Waals surface area contributed by atoms with Crippen molar-refractivity contribution >= 4 is 34.2 Å². The number of morpholine rings is 1. The van der Waals surface area contributed by atoms with Gasteiger partial charge in [-0.3, -0.25) is 4.79 Å². The van der Waals surface area contributed by atoms with Gasteiger partial charge in [0, 0.05) is 23.5 Å². The van der Waals surface area contributed by atoms with Crippen molar-refractivity contribution < 1.29 is 9.53 Å². The Hall–Kier alpha value is -0.620. The van der Waals surface area contributed by atoms with Crippen molar-refractivity contribution in [3.8, 4) is 0 Å². The van der Waals surface area contributed by atoms with Crippen LogP contribution in [0.25, 0.3) is 0 Å². The normalized spacial score (nSPS) is 27.6. The largest absolute Gasteiger partial charge is 0.370 e. The molecule has 23 heavy (non-hydrogen) atoms. The Kier molecular flexibility index (Phi) is 6.89. The lowest BCUT2D eigenvalue weighted by Crippen LogP contribution is -2.43. The van der Waals surface area contributed by atoms with Crippen molar-refractivity contribution in [1.29, 1.82) is 0 Å². The Labute approximate surface area is 152 Å². The number of rotatable bonds is 3. The molecule has 4 nitrogen and oxygen atoms in total. The van der Waals surface area contributed by atoms with Crippen LogP contribution in [-0.2, 0) is 9.53 Å². The summed E-state index contributed by atoms with van der Waals surface area (Å²) < 4.78 is 6.89. The quantitative estimate of drug-likeness (QED) is 0.842. The maximum atomic E-state index is 12.5. The van der Waals surface area contributed by atoms with Crippen molar-refractivity contribution in [2.24, 2.45) is 11.7 Å². The number of carbonyl (C=O) groups excluding carboxylic acids is 1. The van der Waals surface area contributed by atoms with Crippen LogP contribution in [0.3, 0.4) is 0 Å². The number of amides is 1. The summed E-state index contributed by atoms with van der Waals surface area (Å²) in [7, 11) is 0. The molecule has 128 valence electrons. The molecule has 6 heteroatoms. The van der Waals surface area contributed by atoms with E-state index in [1.807, 2.05) is 17.0 Å². The van der Waals surface area contributed by atoms with Gasteiger partial charge in [-0.05, 0) is 36.5 Å². The number of carbonyl (C=O) groups is 1. The molecule has 0 spiro atoms. The monoisotopic (exact) mass is 402 g/mol. The summed E-state index contributed by atoms with van der Waals surface area (Å²) in [5.41, 5.74) is 7.21. The number of ether oxygens (including phenoxy) is 1. The Balaban J connectivity index is 0.00000192. The van der Waals surface area contributed by atoms with E-state index in [9.17, 15) is 4.79 Å². The fraction of sp³-hybridized carbons (Fsp3) is 0.588. The summed E-state index contributed by atoms with van der Waals surface area (Å²) in [5, 5.41) is 0. The van der Waals surface area contributed by atoms with E-state index < -0.39 is 0 Å². The molecule has 2 N–H and O–H groups in total. The third kappa shape index (κ3) is 4.69. The van der Waals surface area contributed by atoms with Crippen LogP contribution in [0.5, 0.6) is 0 Å². The Morgan fingerprint density at radius 1 is 1.39 bits per heavy atom. The zero-order chi connectivity index (χ0) is 15.5. The highest BCUT2D eigenvalue weighted by Crippen LogP contribution is 2.29. The second kappa shape index (κ2) is 8.47. The van der Waals surface area contributed by atoms with Gasteiger partial charge in [-0.2, -0.15) is 0 Å². The number of nitrogens with zero attached hydrogens (tertiary/aromatic N) is 1. The Bertz CT molecular complexity index is 543. The minimum Gasteiger partial charge on any atom is -0.370 e. The summed E-state index contributed by atoms with van der Waals surface area (Å²) in [4.78, 5) is 14.5. The highest BCUT2D eigenvalue weighted by atomic mass is 79.9. The first-order valence-electron chi connectivity index (χ1n) is 8.04. The molecule has 3 atom stereocenters. The molecule has 1 unspecified atom stereocenters. The lowest BCUT2D eigenvalue weighted by molar-refractivity contribution is -0.140. The van der Waals surface area contributed by atoms with E-state index in [0.717, 1.165) is 29.3 Å². The molecule has 0 radical (unpaired) electrons. The lowest BCUT2D eigenvalue weighted by atomic mass is 9.99. The van der Waals surface area contributed by atoms with Gasteiger partial charge in [-0.25, -0.2) is 0 Å². The second-order valence-electron chi connectivity index (χ2n) is 6.31. The van der Waals surface area contributed by atoms with Crippen LogP contribution in [0, 0.1) is 5.92 Å². The molecule has 1 aliphatic carbocycles. The SMILES string of the molecule is Cl.N[C@@H]1CCC[C@H]1CC(=O)N1CCOC(c2cccc(Br)c2)C1. The van der Waals surface area contributed by atoms with Crippen molar-refractivity contribution in [2.45, 2.75) is 37.8 Å². The maximum Gasteiger partial charge on any atom is 0.223 e. The summed E-state index contributed by atoms with van der Waals surface area (Å²) in [6, 6.07) is 8.31. The second-order valence-corrected chi connectivity index (χ2v) is 7.23. The molecule has 1 saturated carbocycles. The molecule has 1 aromatic carbocycles. The number of benzene rings is 1. The van der Waals surface area contributed by atoms with Crippen LogP contribution in [0.2, 0.25) is 0 Å². The van der Waals surface area contributed by atoms with Crippen molar-refractivity contribution in [3.05, 3.63) is 34.3 Å². The fourth-order valence-electron chi connectivity index (χ4n) is 3.46. The first-order chi connectivity index (χ1) is 10.6. The molecule has 2 fully saturated rings. The van der Waals surface area contributed by atoms with Gasteiger partial charge in [0.2, 0.25) is 5.91 Å². The molecule has 1 heterocycles. The number of halogens is 2. The van der Waals surface area contributed by atoms with Gasteiger partial charge < -0.3 is 15.4 Å². The van der Waals surface area contributed by atoms with Crippen LogP contribution < -0.4 is 5.73 Å². The zero-order valence-corrected chi connectivity index (χ0v) is 15.5. The molecule has 1 amide bonds. The van der Waals surface area contributed by atoms with E-state index in [1.54, 1.807) is 0 Å². The van der Waals surface area contributed by atoms with E-state index in [4.69, 9.17) is 10.5 Å². The van der Waals surface area contributed by atoms with E-state index in [-0.39, 0.29) is 30.5 Å². The van der Waals surface area contributed by atoms with E-state index in [2.05, 4.69) is 28.1 Å². The molecule has 1 aromatic rings. The number of nitrogens with two attached hydrogens (primary N) is 1. The van der Waals surface area contributed by atoms with E-state index in [1.165, 1.54) is 0 Å². The third-order valence-electron chi connectivity index (χ3n) is 4.79. The number of hydrogen-bond acceptors (Lipinski definition) is 3. The van der Waals surface area contributed by atoms with Crippen molar-refractivity contribution in [3.63, 3.8) is 0 Å². The van der Waals surface area contributed by atoms with Gasteiger partial charge >= 0.3 is 0 Å². The van der Waals surface area contributed by atoms with Crippen LogP contribution in [0.15, 0.2) is 28.7 Å². The highest BCUT2D eigenvalue weighted by molar-refractivity contribution is 9.10. The molecular weight excluding hydrogens is 380 g/mol. The minimum atomic E-state index is -0.0348. The smallest absolute Gasteiger partial charge is 0.223 e. The third-order valence-corrected chi connectivity index (χ3v) is 5.29. The minimum absolute atomic E-state index is 0. The highest BCUT2D eigenvalue weighted by Gasteiger charge is 2.30. The van der Waals surface area contributed by atoms with Gasteiger partial charge in [0.1, 0.15) is 6.10 Å². The molecule has 2 aliphatic rings. The van der Waals surface area contributed by atoms with E-state index in [0.29, 0.717) is 32.0 Å². The van der Waals surface area contributed by atoms with Crippen molar-refractivity contribution in [1.82, 2.24) is 4.90 Å². The predicted octanol–water partition coefficient (Wildman–Crippen LogP) is 3.29. The van der Waals surface area contributed by atoms with Crippen LogP contribution in [0.4, 0.5) is 0 Å². The summed E-state index contributed by atoms with van der Waals surface area (Å²) >= 11 is 3.49. The molecule has 0 aromatic heterocycles. The van der Waals surface area contributed by atoms with Crippen LogP contribution >= 0.6 is 28.3 Å². The molecule has 1 saturated heterocycles. The predicted molar refractivity (Wildman–Crippen MR) is 96.6 cm³/mol. The Morgan fingerprint density at radius 3 is 2.91 bits per heavy atom. The lowest BCUT2D eigenvalue weighted by Gasteiger charge is -2.34. The van der Waals surface area contributed by atoms with Gasteiger partial charge in [-0.1, -0.05) is 34.5 Å². The fourth-order valence-corrected chi connectivity index (χ4v) is 3.87. The van der Waals surface area contributed by atoms with Gasteiger partial charge in [0.15, 0.2) is 0 Å². The Morgan fingerprint density at radius 2 is 2.22 bits per heavy atom. The standard InChI is InChI=1S/C17H23BrN2O2.ClH/c18-14-5-1-4-13(9-14)16-11-20(7-8-22-16)17(21)10-12-3-2-6-15(12)19;/h1,4-5,9,12,15-16H,2-3,6-8,10-11,19H2;1H/t12-,15+,16?;/m0./s1. The summed E-state index contributed by atoms with van der Waals surface area (Å²) in [5.74, 6) is 0.588. The van der Waals surface area contributed by atoms with Gasteiger partial charge in [-0.15, -0.1) is 12.4 Å². The molecular formula is C17H24BrClN2O2. The molecule has 3 rings (SSSR count). The van der Waals surface area contributed by atoms with Crippen molar-refractivity contribution in [2.75, 3.05) is 19.7 Å².